The minimum absolute atomic E-state index is 0.221. The fraction of sp³-hybridized carbons (Fsp3) is 0.647. The van der Waals surface area contributed by atoms with E-state index in [0.717, 1.165) is 18.8 Å². The van der Waals surface area contributed by atoms with Crippen LogP contribution in [-0.4, -0.2) is 18.4 Å². The first kappa shape index (κ1) is 17.4. The second-order valence-corrected chi connectivity index (χ2v) is 6.23. The highest BCUT2D eigenvalue weighted by atomic mass is 32.1. The lowest BCUT2D eigenvalue weighted by Crippen LogP contribution is -2.16. The SMILES string of the molecule is CCCC(CCC)COc1cccc(C[C@H](S)CN)c1. The van der Waals surface area contributed by atoms with Crippen LogP contribution in [0.2, 0.25) is 0 Å². The Bertz CT molecular complexity index is 364. The Labute approximate surface area is 129 Å². The van der Waals surface area contributed by atoms with Gasteiger partial charge in [-0.25, -0.2) is 0 Å². The largest absolute Gasteiger partial charge is 0.493 e. The van der Waals surface area contributed by atoms with Crippen LogP contribution in [0.3, 0.4) is 0 Å². The van der Waals surface area contributed by atoms with Crippen LogP contribution >= 0.6 is 12.6 Å². The standard InChI is InChI=1S/C17H29NOS/c1-3-6-14(7-4-2)13-19-16-9-5-8-15(10-16)11-17(20)12-18/h5,8-10,14,17,20H,3-4,6-7,11-13,18H2,1-2H3/t17-/m0/s1. The van der Waals surface area contributed by atoms with Gasteiger partial charge in [0.1, 0.15) is 5.75 Å². The molecule has 114 valence electrons. The molecule has 0 radical (unpaired) electrons. The van der Waals surface area contributed by atoms with Crippen molar-refractivity contribution >= 4 is 12.6 Å². The summed E-state index contributed by atoms with van der Waals surface area (Å²) in [6, 6.07) is 8.32. The number of benzene rings is 1. The normalized spacial score (nSPS) is 12.7. The third-order valence-corrected chi connectivity index (χ3v) is 3.91. The maximum absolute atomic E-state index is 5.97. The molecule has 0 heterocycles. The van der Waals surface area contributed by atoms with Gasteiger partial charge in [-0.15, -0.1) is 0 Å². The van der Waals surface area contributed by atoms with Crippen LogP contribution < -0.4 is 10.5 Å². The fourth-order valence-electron chi connectivity index (χ4n) is 2.46. The average molecular weight is 295 g/mol. The van der Waals surface area contributed by atoms with E-state index in [0.29, 0.717) is 12.5 Å². The molecule has 0 aromatic heterocycles. The first-order valence-electron chi connectivity index (χ1n) is 7.79. The smallest absolute Gasteiger partial charge is 0.119 e. The molecule has 0 aliphatic carbocycles. The van der Waals surface area contributed by atoms with Crippen LogP contribution in [0.25, 0.3) is 0 Å². The number of ether oxygens (including phenoxy) is 1. The van der Waals surface area contributed by atoms with Crippen LogP contribution in [0.1, 0.15) is 45.1 Å². The topological polar surface area (TPSA) is 35.2 Å². The first-order chi connectivity index (χ1) is 9.69. The summed E-state index contributed by atoms with van der Waals surface area (Å²) in [5, 5.41) is 0.221. The van der Waals surface area contributed by atoms with Gasteiger partial charge in [-0.05, 0) is 42.9 Å². The van der Waals surface area contributed by atoms with Gasteiger partial charge in [0.05, 0.1) is 6.61 Å². The van der Waals surface area contributed by atoms with E-state index < -0.39 is 0 Å². The molecular formula is C17H29NOS. The van der Waals surface area contributed by atoms with Gasteiger partial charge in [0.25, 0.3) is 0 Å². The molecule has 0 aliphatic heterocycles. The van der Waals surface area contributed by atoms with Crippen LogP contribution in [-0.2, 0) is 6.42 Å². The maximum atomic E-state index is 5.97. The van der Waals surface area contributed by atoms with E-state index in [1.165, 1.54) is 31.2 Å². The van der Waals surface area contributed by atoms with Crippen molar-refractivity contribution in [2.45, 2.75) is 51.2 Å². The summed E-state index contributed by atoms with van der Waals surface area (Å²) in [4.78, 5) is 0. The summed E-state index contributed by atoms with van der Waals surface area (Å²) < 4.78 is 5.97. The van der Waals surface area contributed by atoms with Crippen molar-refractivity contribution in [3.8, 4) is 5.75 Å². The summed E-state index contributed by atoms with van der Waals surface area (Å²) in [5.74, 6) is 1.65. The number of nitrogens with two attached hydrogens (primary N) is 1. The quantitative estimate of drug-likeness (QED) is 0.638. The van der Waals surface area contributed by atoms with Gasteiger partial charge >= 0.3 is 0 Å². The third kappa shape index (κ3) is 6.67. The van der Waals surface area contributed by atoms with Crippen LogP contribution in [0.4, 0.5) is 0 Å². The monoisotopic (exact) mass is 295 g/mol. The summed E-state index contributed by atoms with van der Waals surface area (Å²) in [6.07, 6.45) is 5.85. The fourth-order valence-corrected chi connectivity index (χ4v) is 2.67. The van der Waals surface area contributed by atoms with Crippen molar-refractivity contribution < 1.29 is 4.74 Å². The van der Waals surface area contributed by atoms with Crippen LogP contribution in [0.5, 0.6) is 5.75 Å². The molecule has 0 spiro atoms. The Morgan fingerprint density at radius 2 is 1.90 bits per heavy atom. The Balaban J connectivity index is 2.52. The predicted octanol–water partition coefficient (Wildman–Crippen LogP) is 4.08. The molecule has 1 aromatic carbocycles. The Kier molecular flexibility index (Phi) is 8.79. The highest BCUT2D eigenvalue weighted by molar-refractivity contribution is 7.81. The minimum Gasteiger partial charge on any atom is -0.493 e. The van der Waals surface area contributed by atoms with E-state index >= 15 is 0 Å². The van der Waals surface area contributed by atoms with Crippen LogP contribution in [0, 0.1) is 5.92 Å². The van der Waals surface area contributed by atoms with Gasteiger partial charge in [-0.3, -0.25) is 0 Å². The number of hydrogen-bond acceptors (Lipinski definition) is 3. The van der Waals surface area contributed by atoms with E-state index in [4.69, 9.17) is 10.5 Å². The van der Waals surface area contributed by atoms with E-state index in [-0.39, 0.29) is 5.25 Å². The molecule has 1 rings (SSSR count). The molecule has 0 saturated heterocycles. The molecular weight excluding hydrogens is 266 g/mol. The van der Waals surface area contributed by atoms with Gasteiger partial charge in [0.2, 0.25) is 0 Å². The summed E-state index contributed by atoms with van der Waals surface area (Å²) in [6.45, 7) is 5.90. The molecule has 0 aliphatic rings. The molecule has 0 amide bonds. The number of thiol groups is 1. The molecule has 2 N–H and O–H groups in total. The predicted molar refractivity (Wildman–Crippen MR) is 90.8 cm³/mol. The van der Waals surface area contributed by atoms with Gasteiger partial charge in [0.15, 0.2) is 0 Å². The minimum atomic E-state index is 0.221. The molecule has 3 heteroatoms. The molecule has 2 nitrogen and oxygen atoms in total. The highest BCUT2D eigenvalue weighted by Crippen LogP contribution is 2.19. The lowest BCUT2D eigenvalue weighted by atomic mass is 9.99. The lowest BCUT2D eigenvalue weighted by Gasteiger charge is -2.17. The van der Waals surface area contributed by atoms with E-state index in [9.17, 15) is 0 Å². The molecule has 0 fully saturated rings. The maximum Gasteiger partial charge on any atom is 0.119 e. The Morgan fingerprint density at radius 1 is 1.20 bits per heavy atom. The summed E-state index contributed by atoms with van der Waals surface area (Å²) in [5.41, 5.74) is 6.86. The third-order valence-electron chi connectivity index (χ3n) is 3.52. The van der Waals surface area contributed by atoms with Gasteiger partial charge in [-0.2, -0.15) is 12.6 Å². The lowest BCUT2D eigenvalue weighted by molar-refractivity contribution is 0.229. The van der Waals surface area contributed by atoms with E-state index in [2.05, 4.69) is 44.7 Å². The van der Waals surface area contributed by atoms with Crippen molar-refractivity contribution in [2.75, 3.05) is 13.2 Å². The van der Waals surface area contributed by atoms with Crippen molar-refractivity contribution in [3.63, 3.8) is 0 Å². The van der Waals surface area contributed by atoms with Crippen molar-refractivity contribution in [1.82, 2.24) is 0 Å². The van der Waals surface area contributed by atoms with Crippen molar-refractivity contribution in [2.24, 2.45) is 11.7 Å². The molecule has 0 saturated carbocycles. The van der Waals surface area contributed by atoms with E-state index in [1.807, 2.05) is 6.07 Å². The zero-order valence-electron chi connectivity index (χ0n) is 12.8. The van der Waals surface area contributed by atoms with Crippen LogP contribution in [0.15, 0.2) is 24.3 Å². The number of rotatable bonds is 10. The molecule has 0 bridgehead atoms. The van der Waals surface area contributed by atoms with Crippen molar-refractivity contribution in [3.05, 3.63) is 29.8 Å². The van der Waals surface area contributed by atoms with Gasteiger partial charge in [-0.1, -0.05) is 38.8 Å². The molecule has 1 atom stereocenters. The Morgan fingerprint density at radius 3 is 2.50 bits per heavy atom. The second kappa shape index (κ2) is 10.1. The number of hydrogen-bond donors (Lipinski definition) is 2. The zero-order chi connectivity index (χ0) is 14.8. The molecule has 20 heavy (non-hydrogen) atoms. The van der Waals surface area contributed by atoms with Crippen molar-refractivity contribution in [1.29, 1.82) is 0 Å². The summed E-state index contributed by atoms with van der Waals surface area (Å²) >= 11 is 4.45. The van der Waals surface area contributed by atoms with Gasteiger partial charge < -0.3 is 10.5 Å². The van der Waals surface area contributed by atoms with Gasteiger partial charge in [0, 0.05) is 11.8 Å². The second-order valence-electron chi connectivity index (χ2n) is 5.50. The molecule has 1 aromatic rings. The van der Waals surface area contributed by atoms with E-state index in [1.54, 1.807) is 0 Å². The average Bonchev–Trinajstić information content (AvgIpc) is 2.45. The molecule has 0 unspecified atom stereocenters. The first-order valence-corrected chi connectivity index (χ1v) is 8.31. The summed E-state index contributed by atoms with van der Waals surface area (Å²) in [7, 11) is 0. The highest BCUT2D eigenvalue weighted by Gasteiger charge is 2.08. The Hall–Kier alpha value is -0.670. The zero-order valence-corrected chi connectivity index (χ0v) is 13.7.